The molecule has 1 saturated heterocycles. The van der Waals surface area contributed by atoms with Crippen molar-refractivity contribution in [3.8, 4) is 0 Å². The van der Waals surface area contributed by atoms with Crippen LogP contribution in [0, 0.1) is 5.92 Å². The van der Waals surface area contributed by atoms with Gasteiger partial charge in [0.2, 0.25) is 11.8 Å². The first-order valence-electron chi connectivity index (χ1n) is 7.50. The first-order chi connectivity index (χ1) is 11.3. The van der Waals surface area contributed by atoms with E-state index in [9.17, 15) is 9.59 Å². The largest absolute Gasteiger partial charge is 0.326 e. The highest BCUT2D eigenvalue weighted by Crippen LogP contribution is 2.23. The molecule has 1 unspecified atom stereocenters. The number of carbonyl (C=O) groups is 2. The average Bonchev–Trinajstić information content (AvgIpc) is 2.87. The Bertz CT molecular complexity index is 686. The van der Waals surface area contributed by atoms with E-state index in [1.165, 1.54) is 11.8 Å². The zero-order chi connectivity index (χ0) is 17.7. The van der Waals surface area contributed by atoms with Gasteiger partial charge in [-0.3, -0.25) is 9.59 Å². The van der Waals surface area contributed by atoms with Gasteiger partial charge in [0.15, 0.2) is 5.17 Å². The molecule has 1 aliphatic rings. The maximum atomic E-state index is 12.1. The number of hydrogen-bond donors (Lipinski definition) is 2. The van der Waals surface area contributed by atoms with Crippen LogP contribution in [-0.4, -0.2) is 27.9 Å². The van der Waals surface area contributed by atoms with Gasteiger partial charge in [-0.05, 0) is 37.1 Å². The summed E-state index contributed by atoms with van der Waals surface area (Å²) in [5.74, 6) is -0.140. The van der Waals surface area contributed by atoms with E-state index in [4.69, 9.17) is 0 Å². The second-order valence-electron chi connectivity index (χ2n) is 5.66. The normalized spacial score (nSPS) is 19.7. The van der Waals surface area contributed by atoms with Crippen LogP contribution in [-0.2, 0) is 9.59 Å². The molecule has 0 aliphatic carbocycles. The second-order valence-corrected chi connectivity index (χ2v) is 7.76. The van der Waals surface area contributed by atoms with Crippen LogP contribution < -0.4 is 10.6 Å². The highest BCUT2D eigenvalue weighted by molar-refractivity contribution is 9.10. The lowest BCUT2D eigenvalue weighted by Gasteiger charge is -2.07. The smallest absolute Gasteiger partial charge is 0.240 e. The summed E-state index contributed by atoms with van der Waals surface area (Å²) in [7, 11) is 0. The summed E-state index contributed by atoms with van der Waals surface area (Å²) < 4.78 is 0.935. The van der Waals surface area contributed by atoms with Crippen LogP contribution in [0.5, 0.6) is 0 Å². The van der Waals surface area contributed by atoms with E-state index in [1.54, 1.807) is 12.1 Å². The number of nitrogens with one attached hydrogen (secondary N) is 2. The average molecular weight is 411 g/mol. The van der Waals surface area contributed by atoms with Crippen LogP contribution in [0.15, 0.2) is 38.9 Å². The Hall–Kier alpha value is -1.67. The lowest BCUT2D eigenvalue weighted by molar-refractivity contribution is -0.122. The number of thioether (sulfide) groups is 1. The number of anilines is 1. The molecule has 1 aromatic carbocycles. The molecular formula is C16H19BrN4O2S. The minimum atomic E-state index is -0.492. The van der Waals surface area contributed by atoms with Crippen molar-refractivity contribution >= 4 is 56.1 Å². The molecule has 128 valence electrons. The number of halogens is 1. The Kier molecular flexibility index (Phi) is 6.56. The van der Waals surface area contributed by atoms with E-state index in [1.807, 2.05) is 32.9 Å². The van der Waals surface area contributed by atoms with Crippen LogP contribution in [0.3, 0.4) is 0 Å². The second kappa shape index (κ2) is 8.43. The van der Waals surface area contributed by atoms with E-state index in [0.29, 0.717) is 16.8 Å². The zero-order valence-electron chi connectivity index (χ0n) is 13.7. The quantitative estimate of drug-likeness (QED) is 0.576. The molecule has 2 amide bonds. The molecule has 1 heterocycles. The maximum absolute atomic E-state index is 12.1. The van der Waals surface area contributed by atoms with Gasteiger partial charge in [0, 0.05) is 22.3 Å². The van der Waals surface area contributed by atoms with E-state index in [2.05, 4.69) is 36.8 Å². The Labute approximate surface area is 153 Å². The summed E-state index contributed by atoms with van der Waals surface area (Å²) in [6, 6.07) is 7.26. The van der Waals surface area contributed by atoms with Crippen LogP contribution in [0.2, 0.25) is 0 Å². The first kappa shape index (κ1) is 18.7. The molecule has 1 aliphatic heterocycles. The Morgan fingerprint density at radius 2 is 2.04 bits per heavy atom. The fourth-order valence-corrected chi connectivity index (χ4v) is 2.92. The summed E-state index contributed by atoms with van der Waals surface area (Å²) >= 11 is 4.57. The van der Waals surface area contributed by atoms with E-state index >= 15 is 0 Å². The molecule has 24 heavy (non-hydrogen) atoms. The number of rotatable bonds is 5. The number of carbonyl (C=O) groups excluding carboxylic acids is 2. The van der Waals surface area contributed by atoms with Gasteiger partial charge in [-0.25, -0.2) is 0 Å². The summed E-state index contributed by atoms with van der Waals surface area (Å²) in [6.07, 6.45) is 0.0818. The Balaban J connectivity index is 1.92. The van der Waals surface area contributed by atoms with Gasteiger partial charge < -0.3 is 10.6 Å². The molecule has 2 N–H and O–H groups in total. The minimum absolute atomic E-state index is 0.0818. The third kappa shape index (κ3) is 5.45. The number of benzene rings is 1. The van der Waals surface area contributed by atoms with Crippen molar-refractivity contribution in [2.45, 2.75) is 32.4 Å². The Morgan fingerprint density at radius 1 is 1.38 bits per heavy atom. The molecular weight excluding hydrogens is 392 g/mol. The van der Waals surface area contributed by atoms with Gasteiger partial charge in [-0.15, -0.1) is 5.10 Å². The van der Waals surface area contributed by atoms with Crippen molar-refractivity contribution in [3.05, 3.63) is 28.7 Å². The van der Waals surface area contributed by atoms with E-state index < -0.39 is 5.25 Å². The lowest BCUT2D eigenvalue weighted by atomic mass is 10.1. The SMILES string of the molecule is CC(=N/N=C1\NC(=O)C(CC(=O)Nc2ccc(Br)cc2)S1)C(C)C. The van der Waals surface area contributed by atoms with Gasteiger partial charge in [0.25, 0.3) is 0 Å². The molecule has 1 atom stereocenters. The van der Waals surface area contributed by atoms with Gasteiger partial charge in [-0.1, -0.05) is 41.5 Å². The molecule has 0 radical (unpaired) electrons. The van der Waals surface area contributed by atoms with E-state index in [-0.39, 0.29) is 18.2 Å². The number of amidine groups is 1. The maximum Gasteiger partial charge on any atom is 0.240 e. The van der Waals surface area contributed by atoms with Crippen LogP contribution >= 0.6 is 27.7 Å². The summed E-state index contributed by atoms with van der Waals surface area (Å²) in [5.41, 5.74) is 1.58. The summed E-state index contributed by atoms with van der Waals surface area (Å²) in [6.45, 7) is 5.93. The fourth-order valence-electron chi connectivity index (χ4n) is 1.74. The highest BCUT2D eigenvalue weighted by atomic mass is 79.9. The molecule has 8 heteroatoms. The van der Waals surface area contributed by atoms with Crippen LogP contribution in [0.25, 0.3) is 0 Å². The predicted molar refractivity (Wildman–Crippen MR) is 102 cm³/mol. The van der Waals surface area contributed by atoms with Gasteiger partial charge in [-0.2, -0.15) is 5.10 Å². The minimum Gasteiger partial charge on any atom is -0.326 e. The molecule has 0 spiro atoms. The van der Waals surface area contributed by atoms with E-state index in [0.717, 1.165) is 10.2 Å². The first-order valence-corrected chi connectivity index (χ1v) is 9.17. The monoisotopic (exact) mass is 410 g/mol. The predicted octanol–water partition coefficient (Wildman–Crippen LogP) is 3.40. The number of hydrogen-bond acceptors (Lipinski definition) is 5. The summed E-state index contributed by atoms with van der Waals surface area (Å²) in [5, 5.41) is 13.5. The van der Waals surface area contributed by atoms with Crippen molar-refractivity contribution in [1.29, 1.82) is 0 Å². The standard InChI is InChI=1S/C16H19BrN4O2S/c1-9(2)10(3)20-21-16-19-15(23)13(24-16)8-14(22)18-12-6-4-11(17)5-7-12/h4-7,9,13H,8H2,1-3H3,(H,18,22)(H,19,21,23). The third-order valence-electron chi connectivity index (χ3n) is 3.41. The van der Waals surface area contributed by atoms with Gasteiger partial charge in [0.1, 0.15) is 5.25 Å². The van der Waals surface area contributed by atoms with Gasteiger partial charge in [0.05, 0.1) is 0 Å². The molecule has 6 nitrogen and oxygen atoms in total. The molecule has 1 fully saturated rings. The van der Waals surface area contributed by atoms with Crippen molar-refractivity contribution in [3.63, 3.8) is 0 Å². The van der Waals surface area contributed by atoms with Crippen molar-refractivity contribution in [1.82, 2.24) is 5.32 Å². The molecule has 2 rings (SSSR count). The van der Waals surface area contributed by atoms with Crippen molar-refractivity contribution < 1.29 is 9.59 Å². The number of amides is 2. The molecule has 0 aromatic heterocycles. The summed E-state index contributed by atoms with van der Waals surface area (Å²) in [4.78, 5) is 24.0. The fraction of sp³-hybridized carbons (Fsp3) is 0.375. The highest BCUT2D eigenvalue weighted by Gasteiger charge is 2.32. The number of nitrogens with zero attached hydrogens (tertiary/aromatic N) is 2. The Morgan fingerprint density at radius 3 is 2.67 bits per heavy atom. The van der Waals surface area contributed by atoms with Crippen molar-refractivity contribution in [2.75, 3.05) is 5.32 Å². The molecule has 0 bridgehead atoms. The van der Waals surface area contributed by atoms with Crippen molar-refractivity contribution in [2.24, 2.45) is 16.1 Å². The zero-order valence-corrected chi connectivity index (χ0v) is 16.1. The van der Waals surface area contributed by atoms with Gasteiger partial charge >= 0.3 is 0 Å². The topological polar surface area (TPSA) is 82.9 Å². The molecule has 0 saturated carbocycles. The molecule has 1 aromatic rings. The van der Waals surface area contributed by atoms with Crippen LogP contribution in [0.4, 0.5) is 5.69 Å². The third-order valence-corrected chi connectivity index (χ3v) is 5.01. The van der Waals surface area contributed by atoms with Crippen LogP contribution in [0.1, 0.15) is 27.2 Å². The lowest BCUT2D eigenvalue weighted by Crippen LogP contribution is -2.28.